The van der Waals surface area contributed by atoms with E-state index in [1.165, 1.54) is 10.9 Å². The maximum absolute atomic E-state index is 10.1. The fraction of sp³-hybridized carbons (Fsp3) is 0. The molecule has 11 aromatic carbocycles. The largest absolute Gasteiger partial charge is 0.309 e. The highest BCUT2D eigenvalue weighted by Crippen LogP contribution is 2.43. The summed E-state index contributed by atoms with van der Waals surface area (Å²) in [6, 6.07) is 96.0. The summed E-state index contributed by atoms with van der Waals surface area (Å²) < 4.78 is 4.77. The summed E-state index contributed by atoms with van der Waals surface area (Å²) in [6.07, 6.45) is 0. The van der Waals surface area contributed by atoms with Crippen molar-refractivity contribution >= 4 is 43.6 Å². The third kappa shape index (κ3) is 7.70. The van der Waals surface area contributed by atoms with Crippen molar-refractivity contribution in [2.75, 3.05) is 0 Å². The topological polar surface area (TPSA) is 72.3 Å². The Labute approximate surface area is 439 Å². The Morgan fingerprint density at radius 3 is 1.17 bits per heavy atom. The molecule has 6 nitrogen and oxygen atoms in total. The van der Waals surface area contributed by atoms with Crippen molar-refractivity contribution in [3.8, 4) is 96.1 Å². The standard InChI is InChI=1S/C70H44N6/c71-45-46-18-17-27-51(40-46)54-34-36-64(75-62-30-15-13-28-56(62)59-42-52(32-37-65(59)75)47-19-5-1-6-20-47)58(41-54)55-35-39-67(76-63-31-16-14-29-57(63)60-43-53(33-38-66(60)76)48-21-7-2-8-22-48)61(44-55)70-73-68(49-23-9-3-10-24-49)72-69(74-70)50-25-11-4-12-26-50/h1-44H. The van der Waals surface area contributed by atoms with Gasteiger partial charge in [0.05, 0.1) is 45.1 Å². The highest BCUT2D eigenvalue weighted by Gasteiger charge is 2.23. The van der Waals surface area contributed by atoms with Crippen LogP contribution in [0, 0.1) is 11.3 Å². The summed E-state index contributed by atoms with van der Waals surface area (Å²) in [5.41, 5.74) is 18.0. The lowest BCUT2D eigenvalue weighted by Gasteiger charge is -2.19. The molecule has 0 aliphatic carbocycles. The molecule has 0 spiro atoms. The van der Waals surface area contributed by atoms with Gasteiger partial charge in [0.2, 0.25) is 0 Å². The number of nitrogens with zero attached hydrogens (tertiary/aromatic N) is 6. The number of aromatic nitrogens is 5. The molecule has 0 N–H and O–H groups in total. The molecule has 14 aromatic rings. The van der Waals surface area contributed by atoms with E-state index < -0.39 is 0 Å². The van der Waals surface area contributed by atoms with E-state index in [1.54, 1.807) is 0 Å². The summed E-state index contributed by atoms with van der Waals surface area (Å²) in [7, 11) is 0. The van der Waals surface area contributed by atoms with Crippen LogP contribution in [-0.2, 0) is 0 Å². The Kier molecular flexibility index (Phi) is 10.8. The van der Waals surface area contributed by atoms with Gasteiger partial charge in [0, 0.05) is 43.8 Å². The number of benzene rings is 11. The normalized spacial score (nSPS) is 11.4. The highest BCUT2D eigenvalue weighted by atomic mass is 15.1. The van der Waals surface area contributed by atoms with E-state index in [0.717, 1.165) is 105 Å². The molecule has 76 heavy (non-hydrogen) atoms. The molecule has 14 rings (SSSR count). The molecular formula is C70H44N6. The quantitative estimate of drug-likeness (QED) is 0.144. The van der Waals surface area contributed by atoms with E-state index in [2.05, 4.69) is 228 Å². The average Bonchev–Trinajstić information content (AvgIpc) is 4.05. The molecule has 0 radical (unpaired) electrons. The van der Waals surface area contributed by atoms with Gasteiger partial charge in [-0.25, -0.2) is 15.0 Å². The van der Waals surface area contributed by atoms with Crippen molar-refractivity contribution in [2.24, 2.45) is 0 Å². The molecule has 0 aliphatic rings. The Hall–Kier alpha value is -10.5. The van der Waals surface area contributed by atoms with Crippen molar-refractivity contribution in [2.45, 2.75) is 0 Å². The number of para-hydroxylation sites is 2. The molecule has 6 heteroatoms. The van der Waals surface area contributed by atoms with Crippen LogP contribution < -0.4 is 0 Å². The van der Waals surface area contributed by atoms with E-state index in [0.29, 0.717) is 23.0 Å². The zero-order valence-electron chi connectivity index (χ0n) is 41.1. The first-order chi connectivity index (χ1) is 37.6. The van der Waals surface area contributed by atoms with Crippen LogP contribution in [0.1, 0.15) is 5.56 Å². The van der Waals surface area contributed by atoms with Crippen molar-refractivity contribution in [1.82, 2.24) is 24.1 Å². The minimum absolute atomic E-state index is 0.543. The van der Waals surface area contributed by atoms with Crippen molar-refractivity contribution < 1.29 is 0 Å². The van der Waals surface area contributed by atoms with Crippen molar-refractivity contribution in [3.05, 3.63) is 272 Å². The third-order valence-electron chi connectivity index (χ3n) is 14.6. The van der Waals surface area contributed by atoms with Crippen LogP contribution in [0.2, 0.25) is 0 Å². The van der Waals surface area contributed by atoms with Crippen LogP contribution in [0.25, 0.3) is 134 Å². The molecule has 3 heterocycles. The van der Waals surface area contributed by atoms with Gasteiger partial charge in [0.15, 0.2) is 17.5 Å². The van der Waals surface area contributed by atoms with Gasteiger partial charge in [0.25, 0.3) is 0 Å². The second-order valence-electron chi connectivity index (χ2n) is 19.1. The first kappa shape index (κ1) is 44.2. The average molecular weight is 969 g/mol. The zero-order chi connectivity index (χ0) is 50.5. The smallest absolute Gasteiger partial charge is 0.166 e. The molecule has 0 fully saturated rings. The predicted octanol–water partition coefficient (Wildman–Crippen LogP) is 17.6. The molecular weight excluding hydrogens is 925 g/mol. The van der Waals surface area contributed by atoms with Crippen LogP contribution in [-0.4, -0.2) is 24.1 Å². The second-order valence-corrected chi connectivity index (χ2v) is 19.1. The van der Waals surface area contributed by atoms with Gasteiger partial charge < -0.3 is 9.13 Å². The SMILES string of the molecule is N#Cc1cccc(-c2ccc(-n3c4ccccc4c4cc(-c5ccccc5)ccc43)c(-c3ccc(-n4c5ccccc5c5cc(-c6ccccc6)ccc54)c(-c4nc(-c5ccccc5)nc(-c5ccccc5)n4)c3)c2)c1. The molecule has 0 amide bonds. The highest BCUT2D eigenvalue weighted by molar-refractivity contribution is 6.12. The number of hydrogen-bond acceptors (Lipinski definition) is 4. The number of nitriles is 1. The van der Waals surface area contributed by atoms with Gasteiger partial charge in [-0.05, 0) is 112 Å². The van der Waals surface area contributed by atoms with E-state index in [1.807, 2.05) is 54.6 Å². The monoisotopic (exact) mass is 968 g/mol. The first-order valence-electron chi connectivity index (χ1n) is 25.5. The Morgan fingerprint density at radius 1 is 0.263 bits per heavy atom. The molecule has 3 aromatic heterocycles. The van der Waals surface area contributed by atoms with Gasteiger partial charge >= 0.3 is 0 Å². The molecule has 0 atom stereocenters. The summed E-state index contributed by atoms with van der Waals surface area (Å²) in [4.78, 5) is 16.0. The number of rotatable bonds is 9. The lowest BCUT2D eigenvalue weighted by molar-refractivity contribution is 1.06. The lowest BCUT2D eigenvalue weighted by atomic mass is 9.94. The van der Waals surface area contributed by atoms with Crippen LogP contribution in [0.15, 0.2) is 267 Å². The fourth-order valence-corrected chi connectivity index (χ4v) is 11.0. The van der Waals surface area contributed by atoms with Crippen molar-refractivity contribution in [1.29, 1.82) is 5.26 Å². The Balaban J connectivity index is 1.07. The maximum Gasteiger partial charge on any atom is 0.166 e. The molecule has 0 bridgehead atoms. The minimum Gasteiger partial charge on any atom is -0.309 e. The minimum atomic E-state index is 0.543. The second kappa shape index (κ2) is 18.5. The summed E-state index contributed by atoms with van der Waals surface area (Å²) in [5.74, 6) is 1.70. The molecule has 0 saturated carbocycles. The van der Waals surface area contributed by atoms with Gasteiger partial charge in [0.1, 0.15) is 0 Å². The van der Waals surface area contributed by atoms with Gasteiger partial charge in [-0.2, -0.15) is 5.26 Å². The number of hydrogen-bond donors (Lipinski definition) is 0. The fourth-order valence-electron chi connectivity index (χ4n) is 11.0. The lowest BCUT2D eigenvalue weighted by Crippen LogP contribution is -2.04. The van der Waals surface area contributed by atoms with E-state index >= 15 is 0 Å². The van der Waals surface area contributed by atoms with Gasteiger partial charge in [-0.15, -0.1) is 0 Å². The first-order valence-corrected chi connectivity index (χ1v) is 25.5. The van der Waals surface area contributed by atoms with Crippen molar-refractivity contribution in [3.63, 3.8) is 0 Å². The number of fused-ring (bicyclic) bond motifs is 6. The molecule has 354 valence electrons. The van der Waals surface area contributed by atoms with Crippen LogP contribution in [0.5, 0.6) is 0 Å². The van der Waals surface area contributed by atoms with Gasteiger partial charge in [-0.1, -0.05) is 194 Å². The molecule has 0 aliphatic heterocycles. The Morgan fingerprint density at radius 2 is 0.645 bits per heavy atom. The van der Waals surface area contributed by atoms with Gasteiger partial charge in [-0.3, -0.25) is 0 Å². The third-order valence-corrected chi connectivity index (χ3v) is 14.6. The maximum atomic E-state index is 10.1. The van der Waals surface area contributed by atoms with Crippen LogP contribution in [0.3, 0.4) is 0 Å². The van der Waals surface area contributed by atoms with E-state index in [9.17, 15) is 5.26 Å². The molecule has 0 unspecified atom stereocenters. The zero-order valence-corrected chi connectivity index (χ0v) is 41.1. The van der Waals surface area contributed by atoms with E-state index in [-0.39, 0.29) is 0 Å². The summed E-state index contributed by atoms with van der Waals surface area (Å²) >= 11 is 0. The van der Waals surface area contributed by atoms with E-state index in [4.69, 9.17) is 15.0 Å². The molecule has 0 saturated heterocycles. The Bertz CT molecular complexity index is 4510. The summed E-state index contributed by atoms with van der Waals surface area (Å²) in [6.45, 7) is 0. The summed E-state index contributed by atoms with van der Waals surface area (Å²) in [5, 5.41) is 14.7. The predicted molar refractivity (Wildman–Crippen MR) is 311 cm³/mol. The van der Waals surface area contributed by atoms with Crippen LogP contribution >= 0.6 is 0 Å². The van der Waals surface area contributed by atoms with Crippen LogP contribution in [0.4, 0.5) is 0 Å².